The number of amides is 2. The zero-order valence-electron chi connectivity index (χ0n) is 13.9. The highest BCUT2D eigenvalue weighted by Gasteiger charge is 2.34. The number of urea groups is 1. The van der Waals surface area contributed by atoms with Crippen molar-refractivity contribution in [3.8, 4) is 0 Å². The summed E-state index contributed by atoms with van der Waals surface area (Å²) in [5.41, 5.74) is -0.521. The minimum absolute atomic E-state index is 0.146. The van der Waals surface area contributed by atoms with Gasteiger partial charge in [-0.05, 0) is 30.1 Å². The molecule has 0 heterocycles. The topological polar surface area (TPSA) is 78.4 Å². The van der Waals surface area contributed by atoms with Gasteiger partial charge in [-0.25, -0.2) is 9.59 Å². The second kappa shape index (κ2) is 7.14. The smallest absolute Gasteiger partial charge is 0.326 e. The quantitative estimate of drug-likeness (QED) is 0.746. The van der Waals surface area contributed by atoms with E-state index in [9.17, 15) is 14.7 Å². The lowest BCUT2D eigenvalue weighted by molar-refractivity contribution is -0.141. The summed E-state index contributed by atoms with van der Waals surface area (Å²) in [4.78, 5) is 23.5. The number of hydrogen-bond donors (Lipinski definition) is 3. The van der Waals surface area contributed by atoms with Gasteiger partial charge in [-0.2, -0.15) is 0 Å². The van der Waals surface area contributed by atoms with Crippen LogP contribution in [0.15, 0.2) is 0 Å². The fourth-order valence-corrected chi connectivity index (χ4v) is 3.13. The molecule has 0 spiro atoms. The molecule has 0 aliphatic heterocycles. The van der Waals surface area contributed by atoms with Crippen molar-refractivity contribution in [1.29, 1.82) is 0 Å². The highest BCUT2D eigenvalue weighted by atomic mass is 16.4. The highest BCUT2D eigenvalue weighted by molar-refractivity contribution is 5.83. The van der Waals surface area contributed by atoms with Crippen LogP contribution < -0.4 is 10.6 Å². The van der Waals surface area contributed by atoms with Gasteiger partial charge in [0.05, 0.1) is 0 Å². The minimum atomic E-state index is -0.998. The molecular formula is C16H30N2O3. The molecule has 0 radical (unpaired) electrons. The molecule has 0 bridgehead atoms. The predicted octanol–water partition coefficient (Wildman–Crippen LogP) is 3.00. The molecule has 5 nitrogen and oxygen atoms in total. The molecular weight excluding hydrogens is 268 g/mol. The minimum Gasteiger partial charge on any atom is -0.480 e. The Hall–Kier alpha value is -1.26. The molecule has 2 amide bonds. The molecule has 0 saturated heterocycles. The Kier molecular flexibility index (Phi) is 6.05. The zero-order valence-corrected chi connectivity index (χ0v) is 13.9. The lowest BCUT2D eigenvalue weighted by atomic mass is 9.78. The van der Waals surface area contributed by atoms with Crippen molar-refractivity contribution < 1.29 is 14.7 Å². The molecule has 5 heteroatoms. The Bertz CT molecular complexity index is 374. The summed E-state index contributed by atoms with van der Waals surface area (Å²) < 4.78 is 0. The summed E-state index contributed by atoms with van der Waals surface area (Å²) in [7, 11) is 0. The van der Waals surface area contributed by atoms with Gasteiger partial charge >= 0.3 is 12.0 Å². The van der Waals surface area contributed by atoms with E-state index in [4.69, 9.17) is 0 Å². The standard InChI is InChI=1S/C16H30N2O3/c1-10(2)11-8-6-7-9-12(11)17-15(21)18-13(14(19)20)16(3,4)5/h10-13H,6-9H2,1-5H3,(H,19,20)(H2,17,18,21). The summed E-state index contributed by atoms with van der Waals surface area (Å²) in [5.74, 6) is -0.00222. The second-order valence-electron chi connectivity index (χ2n) is 7.55. The Balaban J connectivity index is 2.65. The molecule has 0 aromatic heterocycles. The first-order valence-corrected chi connectivity index (χ1v) is 7.92. The molecule has 3 unspecified atom stereocenters. The van der Waals surface area contributed by atoms with Gasteiger partial charge in [0.15, 0.2) is 0 Å². The average molecular weight is 298 g/mol. The van der Waals surface area contributed by atoms with Crippen LogP contribution in [-0.4, -0.2) is 29.2 Å². The maximum absolute atomic E-state index is 12.2. The summed E-state index contributed by atoms with van der Waals surface area (Å²) in [6.07, 6.45) is 4.44. The summed E-state index contributed by atoms with van der Waals surface area (Å²) in [6.45, 7) is 9.78. The molecule has 0 aromatic rings. The Morgan fingerprint density at radius 3 is 2.19 bits per heavy atom. The third-order valence-electron chi connectivity index (χ3n) is 4.38. The van der Waals surface area contributed by atoms with Crippen LogP contribution in [0.2, 0.25) is 0 Å². The number of carbonyl (C=O) groups excluding carboxylic acids is 1. The number of rotatable bonds is 4. The van der Waals surface area contributed by atoms with Gasteiger partial charge in [-0.1, -0.05) is 47.5 Å². The van der Waals surface area contributed by atoms with Crippen molar-refractivity contribution in [3.63, 3.8) is 0 Å². The van der Waals surface area contributed by atoms with Gasteiger partial charge in [0, 0.05) is 6.04 Å². The molecule has 1 saturated carbocycles. The molecule has 3 N–H and O–H groups in total. The fourth-order valence-electron chi connectivity index (χ4n) is 3.13. The van der Waals surface area contributed by atoms with Crippen molar-refractivity contribution in [2.75, 3.05) is 0 Å². The second-order valence-corrected chi connectivity index (χ2v) is 7.55. The summed E-state index contributed by atoms with van der Waals surface area (Å²) in [6, 6.07) is -1.11. The van der Waals surface area contributed by atoms with Crippen LogP contribution in [0.1, 0.15) is 60.3 Å². The summed E-state index contributed by atoms with van der Waals surface area (Å²) in [5, 5.41) is 14.9. The van der Waals surface area contributed by atoms with Crippen LogP contribution in [0.3, 0.4) is 0 Å². The molecule has 21 heavy (non-hydrogen) atoms. The third kappa shape index (κ3) is 5.21. The number of aliphatic carboxylic acids is 1. The van der Waals surface area contributed by atoms with Gasteiger partial charge in [0.25, 0.3) is 0 Å². The normalized spacial score (nSPS) is 24.5. The van der Waals surface area contributed by atoms with E-state index in [0.717, 1.165) is 19.3 Å². The number of carboxylic acid groups (broad SMARTS) is 1. The predicted molar refractivity (Wildman–Crippen MR) is 83.1 cm³/mol. The van der Waals surface area contributed by atoms with Crippen LogP contribution >= 0.6 is 0 Å². The molecule has 122 valence electrons. The van der Waals surface area contributed by atoms with Gasteiger partial charge in [-0.15, -0.1) is 0 Å². The Morgan fingerprint density at radius 2 is 1.71 bits per heavy atom. The summed E-state index contributed by atoms with van der Waals surface area (Å²) >= 11 is 0. The van der Waals surface area contributed by atoms with Gasteiger partial charge in [-0.3, -0.25) is 0 Å². The number of carbonyl (C=O) groups is 2. The lowest BCUT2D eigenvalue weighted by Crippen LogP contribution is -2.55. The van der Waals surface area contributed by atoms with Gasteiger partial charge in [0.1, 0.15) is 6.04 Å². The molecule has 3 atom stereocenters. The van der Waals surface area contributed by atoms with E-state index < -0.39 is 17.4 Å². The number of hydrogen-bond acceptors (Lipinski definition) is 2. The van der Waals surface area contributed by atoms with Gasteiger partial charge in [0.2, 0.25) is 0 Å². The highest BCUT2D eigenvalue weighted by Crippen LogP contribution is 2.30. The van der Waals surface area contributed by atoms with Crippen LogP contribution in [-0.2, 0) is 4.79 Å². The monoisotopic (exact) mass is 298 g/mol. The van der Waals surface area contributed by atoms with Crippen molar-refractivity contribution in [2.24, 2.45) is 17.3 Å². The number of nitrogens with one attached hydrogen (secondary N) is 2. The maximum atomic E-state index is 12.2. The first-order chi connectivity index (χ1) is 9.62. The first-order valence-electron chi connectivity index (χ1n) is 7.92. The van der Waals surface area contributed by atoms with E-state index in [1.54, 1.807) is 0 Å². The van der Waals surface area contributed by atoms with Crippen LogP contribution in [0.4, 0.5) is 4.79 Å². The van der Waals surface area contributed by atoms with Crippen LogP contribution in [0.5, 0.6) is 0 Å². The van der Waals surface area contributed by atoms with Gasteiger partial charge < -0.3 is 15.7 Å². The Labute approximate surface area is 127 Å². The van der Waals surface area contributed by atoms with E-state index in [1.807, 2.05) is 20.8 Å². The maximum Gasteiger partial charge on any atom is 0.326 e. The van der Waals surface area contributed by atoms with E-state index >= 15 is 0 Å². The third-order valence-corrected chi connectivity index (χ3v) is 4.38. The fraction of sp³-hybridized carbons (Fsp3) is 0.875. The van der Waals surface area contributed by atoms with Crippen LogP contribution in [0.25, 0.3) is 0 Å². The lowest BCUT2D eigenvalue weighted by Gasteiger charge is -2.36. The van der Waals surface area contributed by atoms with E-state index in [1.165, 1.54) is 6.42 Å². The zero-order chi connectivity index (χ0) is 16.2. The first kappa shape index (κ1) is 17.8. The van der Waals surface area contributed by atoms with E-state index in [2.05, 4.69) is 24.5 Å². The Morgan fingerprint density at radius 1 is 1.14 bits per heavy atom. The van der Waals surface area contributed by atoms with Crippen molar-refractivity contribution >= 4 is 12.0 Å². The van der Waals surface area contributed by atoms with E-state index in [0.29, 0.717) is 11.8 Å². The molecule has 1 rings (SSSR count). The van der Waals surface area contributed by atoms with Crippen LogP contribution in [0, 0.1) is 17.3 Å². The van der Waals surface area contributed by atoms with E-state index in [-0.39, 0.29) is 12.1 Å². The molecule has 1 aliphatic rings. The van der Waals surface area contributed by atoms with Crippen molar-refractivity contribution in [2.45, 2.75) is 72.4 Å². The largest absolute Gasteiger partial charge is 0.480 e. The molecule has 1 fully saturated rings. The molecule has 1 aliphatic carbocycles. The number of carboxylic acids is 1. The van der Waals surface area contributed by atoms with Crippen molar-refractivity contribution in [1.82, 2.24) is 10.6 Å². The van der Waals surface area contributed by atoms with Crippen molar-refractivity contribution in [3.05, 3.63) is 0 Å². The average Bonchev–Trinajstić information content (AvgIpc) is 2.34. The SMILES string of the molecule is CC(C)C1CCCCC1NC(=O)NC(C(=O)O)C(C)(C)C. The molecule has 0 aromatic carbocycles.